The Bertz CT molecular complexity index is 662. The van der Waals surface area contributed by atoms with Crippen molar-refractivity contribution in [2.24, 2.45) is 7.05 Å². The second-order valence-corrected chi connectivity index (χ2v) is 5.86. The molecule has 2 aromatic rings. The minimum Gasteiger partial charge on any atom is -0.376 e. The van der Waals surface area contributed by atoms with Gasteiger partial charge in [0.2, 0.25) is 5.91 Å². The van der Waals surface area contributed by atoms with Crippen LogP contribution in [0.25, 0.3) is 11.0 Å². The summed E-state index contributed by atoms with van der Waals surface area (Å²) in [4.78, 5) is 16.4. The van der Waals surface area contributed by atoms with E-state index >= 15 is 0 Å². The molecule has 124 valence electrons. The highest BCUT2D eigenvalue weighted by atomic mass is 16.5. The van der Waals surface area contributed by atoms with Gasteiger partial charge in [-0.1, -0.05) is 12.1 Å². The van der Waals surface area contributed by atoms with Crippen LogP contribution < -0.4 is 5.32 Å². The lowest BCUT2D eigenvalue weighted by atomic mass is 10.1. The molecule has 0 spiro atoms. The molecule has 1 N–H and O–H groups in total. The van der Waals surface area contributed by atoms with Crippen molar-refractivity contribution in [3.8, 4) is 0 Å². The molecule has 1 fully saturated rings. The summed E-state index contributed by atoms with van der Waals surface area (Å²) in [5.74, 6) is 0.697. The van der Waals surface area contributed by atoms with Gasteiger partial charge in [-0.15, -0.1) is 0 Å². The molecule has 1 aliphatic rings. The first kappa shape index (κ1) is 16.0. The standard InChI is InChI=1S/C17H23N3O3/c1-20-15-8-3-2-7-14(15)19-16(20)10-18-17(21)12-22-11-13-6-4-5-9-23-13/h2-3,7-8,13H,4-6,9-12H2,1H3,(H,18,21)/t13-/m0/s1. The second-order valence-electron chi connectivity index (χ2n) is 5.86. The molecule has 2 heterocycles. The van der Waals surface area contributed by atoms with Crippen LogP contribution in [0.15, 0.2) is 24.3 Å². The van der Waals surface area contributed by atoms with E-state index in [1.54, 1.807) is 0 Å². The Labute approximate surface area is 135 Å². The van der Waals surface area contributed by atoms with Gasteiger partial charge in [0, 0.05) is 13.7 Å². The van der Waals surface area contributed by atoms with Crippen LogP contribution in [-0.2, 0) is 27.9 Å². The van der Waals surface area contributed by atoms with E-state index in [2.05, 4.69) is 10.3 Å². The Morgan fingerprint density at radius 2 is 2.30 bits per heavy atom. The summed E-state index contributed by atoms with van der Waals surface area (Å²) in [6, 6.07) is 7.92. The smallest absolute Gasteiger partial charge is 0.246 e. The van der Waals surface area contributed by atoms with Gasteiger partial charge in [-0.3, -0.25) is 4.79 Å². The molecule has 1 aliphatic heterocycles. The van der Waals surface area contributed by atoms with Crippen molar-refractivity contribution in [3.05, 3.63) is 30.1 Å². The van der Waals surface area contributed by atoms with Crippen molar-refractivity contribution in [1.82, 2.24) is 14.9 Å². The van der Waals surface area contributed by atoms with Crippen LogP contribution in [0.1, 0.15) is 25.1 Å². The van der Waals surface area contributed by atoms with Crippen molar-refractivity contribution in [2.45, 2.75) is 31.9 Å². The summed E-state index contributed by atoms with van der Waals surface area (Å²) in [5.41, 5.74) is 1.99. The van der Waals surface area contributed by atoms with Crippen molar-refractivity contribution in [3.63, 3.8) is 0 Å². The van der Waals surface area contributed by atoms with E-state index < -0.39 is 0 Å². The zero-order valence-corrected chi connectivity index (χ0v) is 13.5. The number of amides is 1. The molecule has 0 aliphatic carbocycles. The van der Waals surface area contributed by atoms with Crippen LogP contribution in [0.5, 0.6) is 0 Å². The van der Waals surface area contributed by atoms with Crippen LogP contribution in [0.3, 0.4) is 0 Å². The summed E-state index contributed by atoms with van der Waals surface area (Å²) in [7, 11) is 1.95. The number of rotatable bonds is 6. The number of fused-ring (bicyclic) bond motifs is 1. The third kappa shape index (κ3) is 4.09. The van der Waals surface area contributed by atoms with Crippen LogP contribution in [0, 0.1) is 0 Å². The average Bonchev–Trinajstić information content (AvgIpc) is 2.90. The first-order valence-electron chi connectivity index (χ1n) is 8.10. The molecule has 1 amide bonds. The molecule has 3 rings (SSSR count). The van der Waals surface area contributed by atoms with Crippen molar-refractivity contribution in [1.29, 1.82) is 0 Å². The average molecular weight is 317 g/mol. The van der Waals surface area contributed by atoms with Gasteiger partial charge in [0.1, 0.15) is 12.4 Å². The topological polar surface area (TPSA) is 65.4 Å². The summed E-state index contributed by atoms with van der Waals surface area (Å²) < 4.78 is 13.0. The maximum atomic E-state index is 11.9. The first-order valence-corrected chi connectivity index (χ1v) is 8.10. The van der Waals surface area contributed by atoms with E-state index in [-0.39, 0.29) is 18.6 Å². The molecule has 6 nitrogen and oxygen atoms in total. The van der Waals surface area contributed by atoms with Crippen LogP contribution in [-0.4, -0.2) is 41.4 Å². The predicted octanol–water partition coefficient (Wildman–Crippen LogP) is 1.78. The first-order chi connectivity index (χ1) is 11.2. The van der Waals surface area contributed by atoms with E-state index in [4.69, 9.17) is 9.47 Å². The molecule has 0 saturated carbocycles. The molecule has 6 heteroatoms. The van der Waals surface area contributed by atoms with Gasteiger partial charge in [-0.2, -0.15) is 0 Å². The Morgan fingerprint density at radius 1 is 1.43 bits per heavy atom. The number of benzene rings is 1. The number of carbonyl (C=O) groups is 1. The van der Waals surface area contributed by atoms with Crippen molar-refractivity contribution < 1.29 is 14.3 Å². The van der Waals surface area contributed by atoms with E-state index in [1.165, 1.54) is 6.42 Å². The Hall–Kier alpha value is -1.92. The van der Waals surface area contributed by atoms with Gasteiger partial charge < -0.3 is 19.4 Å². The summed E-state index contributed by atoms with van der Waals surface area (Å²) in [6.45, 7) is 1.74. The van der Waals surface area contributed by atoms with Crippen molar-refractivity contribution in [2.75, 3.05) is 19.8 Å². The third-order valence-corrected chi connectivity index (χ3v) is 4.13. The molecule has 1 saturated heterocycles. The number of ether oxygens (including phenoxy) is 2. The van der Waals surface area contributed by atoms with Gasteiger partial charge in [0.25, 0.3) is 0 Å². The molecule has 1 aromatic carbocycles. The number of nitrogens with one attached hydrogen (secondary N) is 1. The molecule has 23 heavy (non-hydrogen) atoms. The molecular formula is C17H23N3O3. The fourth-order valence-electron chi connectivity index (χ4n) is 2.80. The number of hydrogen-bond acceptors (Lipinski definition) is 4. The molecule has 0 unspecified atom stereocenters. The lowest BCUT2D eigenvalue weighted by Crippen LogP contribution is -2.31. The lowest BCUT2D eigenvalue weighted by molar-refractivity contribution is -0.128. The monoisotopic (exact) mass is 317 g/mol. The molecule has 1 atom stereocenters. The fourth-order valence-corrected chi connectivity index (χ4v) is 2.80. The summed E-state index contributed by atoms with van der Waals surface area (Å²) in [6.07, 6.45) is 3.44. The van der Waals surface area contributed by atoms with Gasteiger partial charge in [0.05, 0.1) is 30.3 Å². The second kappa shape index (κ2) is 7.57. The Balaban J connectivity index is 1.43. The zero-order chi connectivity index (χ0) is 16.1. The van der Waals surface area contributed by atoms with Gasteiger partial charge >= 0.3 is 0 Å². The van der Waals surface area contributed by atoms with Crippen LogP contribution >= 0.6 is 0 Å². The molecule has 0 bridgehead atoms. The maximum Gasteiger partial charge on any atom is 0.246 e. The van der Waals surface area contributed by atoms with E-state index in [9.17, 15) is 4.79 Å². The number of nitrogens with zero attached hydrogens (tertiary/aromatic N) is 2. The lowest BCUT2D eigenvalue weighted by Gasteiger charge is -2.22. The molecular weight excluding hydrogens is 294 g/mol. The highest BCUT2D eigenvalue weighted by Gasteiger charge is 2.14. The van der Waals surface area contributed by atoms with Gasteiger partial charge in [-0.25, -0.2) is 4.98 Å². The number of carbonyl (C=O) groups excluding carboxylic acids is 1. The minimum atomic E-state index is -0.132. The van der Waals surface area contributed by atoms with E-state index in [0.717, 1.165) is 36.3 Å². The highest BCUT2D eigenvalue weighted by molar-refractivity contribution is 5.78. The van der Waals surface area contributed by atoms with Crippen LogP contribution in [0.2, 0.25) is 0 Å². The van der Waals surface area contributed by atoms with Crippen LogP contribution in [0.4, 0.5) is 0 Å². The summed E-state index contributed by atoms with van der Waals surface area (Å²) in [5, 5.41) is 2.85. The quantitative estimate of drug-likeness (QED) is 0.882. The third-order valence-electron chi connectivity index (χ3n) is 4.13. The van der Waals surface area contributed by atoms with Gasteiger partial charge in [-0.05, 0) is 31.4 Å². The molecule has 0 radical (unpaired) electrons. The molecule has 1 aromatic heterocycles. The van der Waals surface area contributed by atoms with Gasteiger partial charge in [0.15, 0.2) is 0 Å². The van der Waals surface area contributed by atoms with E-state index in [1.807, 2.05) is 35.9 Å². The largest absolute Gasteiger partial charge is 0.376 e. The van der Waals surface area contributed by atoms with E-state index in [0.29, 0.717) is 13.2 Å². The highest BCUT2D eigenvalue weighted by Crippen LogP contribution is 2.14. The number of hydrogen-bond donors (Lipinski definition) is 1. The zero-order valence-electron chi connectivity index (χ0n) is 13.5. The number of aryl methyl sites for hydroxylation is 1. The fraction of sp³-hybridized carbons (Fsp3) is 0.529. The number of aromatic nitrogens is 2. The SMILES string of the molecule is Cn1c(CNC(=O)COC[C@@H]2CCCCO2)nc2ccccc21. The maximum absolute atomic E-state index is 11.9. The Kier molecular flexibility index (Phi) is 5.25. The number of imidazole rings is 1. The normalized spacial score (nSPS) is 18.2. The predicted molar refractivity (Wildman–Crippen MR) is 87.0 cm³/mol. The Morgan fingerprint density at radius 3 is 3.09 bits per heavy atom. The summed E-state index contributed by atoms with van der Waals surface area (Å²) >= 11 is 0. The minimum absolute atomic E-state index is 0.0593. The number of para-hydroxylation sites is 2. The van der Waals surface area contributed by atoms with Crippen molar-refractivity contribution >= 4 is 16.9 Å².